The lowest BCUT2D eigenvalue weighted by atomic mass is 9.99. The zero-order valence-electron chi connectivity index (χ0n) is 19.5. The fraction of sp³-hybridized carbons (Fsp3) is 0.435. The Labute approximate surface area is 195 Å². The summed E-state index contributed by atoms with van der Waals surface area (Å²) >= 11 is 0. The first-order valence-corrected chi connectivity index (χ1v) is 10.3. The number of aromatic nitrogens is 2. The smallest absolute Gasteiger partial charge is 0.422 e. The lowest BCUT2D eigenvalue weighted by molar-refractivity contribution is -0.154. The number of nitriles is 1. The van der Waals surface area contributed by atoms with Crippen molar-refractivity contribution < 1.29 is 27.5 Å². The lowest BCUT2D eigenvalue weighted by Crippen LogP contribution is -2.27. The van der Waals surface area contributed by atoms with E-state index in [1.807, 2.05) is 13.0 Å². The highest BCUT2D eigenvalue weighted by atomic mass is 19.4. The second kappa shape index (κ2) is 10.5. The number of hydrogen-bond donors (Lipinski definition) is 1. The van der Waals surface area contributed by atoms with Gasteiger partial charge in [0.2, 0.25) is 5.88 Å². The third kappa shape index (κ3) is 6.43. The number of hydrogen-bond acceptors (Lipinski definition) is 7. The molecule has 1 amide bonds. The standard InChI is InChI=1S/C18H19F3N4O2.C5H7NO/c1-10-6-12(7-24-16(10)27-9-18(19,20)21)11(2)25-8-14-13(17(25)26)4-5-23-15(14)22-3;1-5(2,3-6)4-7/h4-7,11H,8-9H2,1-3H3,(H,22,23);4H,1-2H3. The SMILES string of the molecule is CC(C)(C#N)C=O.CNc1nccc2c1CN(C(C)c1cnc(OCC(F)(F)F)c(C)c1)C2=O. The van der Waals surface area contributed by atoms with Gasteiger partial charge in [0, 0.05) is 36.1 Å². The summed E-state index contributed by atoms with van der Waals surface area (Å²) in [6.07, 6.45) is -0.772. The maximum atomic E-state index is 12.7. The van der Waals surface area contributed by atoms with Crippen LogP contribution in [0.25, 0.3) is 0 Å². The van der Waals surface area contributed by atoms with Gasteiger partial charge in [0.15, 0.2) is 6.61 Å². The molecular formula is C23H26F3N5O3. The van der Waals surface area contributed by atoms with Gasteiger partial charge < -0.3 is 19.7 Å². The number of nitrogens with zero attached hydrogens (tertiary/aromatic N) is 4. The Kier molecular flexibility index (Phi) is 8.21. The number of ether oxygens (including phenoxy) is 1. The van der Waals surface area contributed by atoms with Crippen LogP contribution in [0.3, 0.4) is 0 Å². The number of aldehydes is 1. The van der Waals surface area contributed by atoms with E-state index in [4.69, 9.17) is 10.00 Å². The molecule has 1 atom stereocenters. The molecule has 0 saturated carbocycles. The first-order chi connectivity index (χ1) is 15.8. The van der Waals surface area contributed by atoms with Crippen molar-refractivity contribution in [3.8, 4) is 11.9 Å². The van der Waals surface area contributed by atoms with Crippen molar-refractivity contribution in [3.05, 3.63) is 46.8 Å². The van der Waals surface area contributed by atoms with Crippen LogP contribution in [0.1, 0.15) is 53.9 Å². The molecule has 0 aliphatic carbocycles. The molecule has 8 nitrogen and oxygen atoms in total. The molecule has 1 unspecified atom stereocenters. The molecule has 0 fully saturated rings. The van der Waals surface area contributed by atoms with Crippen LogP contribution in [0.4, 0.5) is 19.0 Å². The fourth-order valence-corrected chi connectivity index (χ4v) is 3.10. The fourth-order valence-electron chi connectivity index (χ4n) is 3.10. The van der Waals surface area contributed by atoms with E-state index in [2.05, 4.69) is 15.3 Å². The summed E-state index contributed by atoms with van der Waals surface area (Å²) in [5.74, 6) is 0.466. The summed E-state index contributed by atoms with van der Waals surface area (Å²) in [5.41, 5.74) is 1.82. The summed E-state index contributed by atoms with van der Waals surface area (Å²) < 4.78 is 41.7. The molecule has 1 aliphatic rings. The van der Waals surface area contributed by atoms with Crippen molar-refractivity contribution in [2.24, 2.45) is 5.41 Å². The number of alkyl halides is 3. The van der Waals surface area contributed by atoms with Crippen molar-refractivity contribution in [2.45, 2.75) is 46.5 Å². The molecule has 1 aliphatic heterocycles. The molecule has 0 saturated heterocycles. The minimum Gasteiger partial charge on any atom is -0.468 e. The van der Waals surface area contributed by atoms with E-state index in [1.54, 1.807) is 51.0 Å². The van der Waals surface area contributed by atoms with Gasteiger partial charge in [0.1, 0.15) is 17.5 Å². The Hall–Kier alpha value is -3.68. The number of carbonyl (C=O) groups excluding carboxylic acids is 2. The predicted molar refractivity (Wildman–Crippen MR) is 118 cm³/mol. The molecule has 2 aromatic rings. The average Bonchev–Trinajstić information content (AvgIpc) is 3.14. The van der Waals surface area contributed by atoms with E-state index in [-0.39, 0.29) is 17.8 Å². The highest BCUT2D eigenvalue weighted by Gasteiger charge is 2.34. The highest BCUT2D eigenvalue weighted by Crippen LogP contribution is 2.34. The number of anilines is 1. The van der Waals surface area contributed by atoms with Gasteiger partial charge in [-0.3, -0.25) is 4.79 Å². The number of rotatable bonds is 6. The van der Waals surface area contributed by atoms with E-state index >= 15 is 0 Å². The normalized spacial score (nSPS) is 13.9. The van der Waals surface area contributed by atoms with E-state index in [0.29, 0.717) is 35.3 Å². The van der Waals surface area contributed by atoms with Gasteiger partial charge in [-0.2, -0.15) is 18.4 Å². The molecule has 0 radical (unpaired) electrons. The van der Waals surface area contributed by atoms with Crippen LogP contribution in [0, 0.1) is 23.7 Å². The van der Waals surface area contributed by atoms with E-state index in [1.165, 1.54) is 6.20 Å². The molecule has 34 heavy (non-hydrogen) atoms. The van der Waals surface area contributed by atoms with Crippen LogP contribution in [0.5, 0.6) is 5.88 Å². The highest BCUT2D eigenvalue weighted by molar-refractivity contribution is 5.99. The van der Waals surface area contributed by atoms with Gasteiger partial charge in [-0.05, 0) is 45.4 Å². The maximum absolute atomic E-state index is 12.7. The topological polar surface area (TPSA) is 108 Å². The third-order valence-corrected chi connectivity index (χ3v) is 5.07. The molecule has 11 heteroatoms. The Bertz CT molecular complexity index is 1100. The number of carbonyl (C=O) groups is 2. The summed E-state index contributed by atoms with van der Waals surface area (Å²) in [6, 6.07) is 4.89. The zero-order valence-corrected chi connectivity index (χ0v) is 19.5. The quantitative estimate of drug-likeness (QED) is 0.621. The van der Waals surface area contributed by atoms with Crippen LogP contribution in [-0.2, 0) is 11.3 Å². The average molecular weight is 477 g/mol. The molecule has 1 N–H and O–H groups in total. The van der Waals surface area contributed by atoms with Crippen LogP contribution < -0.4 is 10.1 Å². The summed E-state index contributed by atoms with van der Waals surface area (Å²) in [4.78, 5) is 32.5. The third-order valence-electron chi connectivity index (χ3n) is 5.07. The van der Waals surface area contributed by atoms with Gasteiger partial charge in [-0.1, -0.05) is 0 Å². The van der Waals surface area contributed by atoms with Crippen LogP contribution in [0.15, 0.2) is 24.5 Å². The van der Waals surface area contributed by atoms with Gasteiger partial charge in [0.05, 0.1) is 18.7 Å². The molecule has 0 aromatic carbocycles. The van der Waals surface area contributed by atoms with Crippen molar-refractivity contribution in [2.75, 3.05) is 19.0 Å². The van der Waals surface area contributed by atoms with Gasteiger partial charge in [-0.25, -0.2) is 9.97 Å². The van der Waals surface area contributed by atoms with Gasteiger partial charge >= 0.3 is 6.18 Å². The molecule has 182 valence electrons. The van der Waals surface area contributed by atoms with Crippen LogP contribution >= 0.6 is 0 Å². The van der Waals surface area contributed by atoms with Crippen LogP contribution in [-0.4, -0.2) is 46.9 Å². The predicted octanol–water partition coefficient (Wildman–Crippen LogP) is 4.22. The number of fused-ring (bicyclic) bond motifs is 1. The Balaban J connectivity index is 0.000000509. The van der Waals surface area contributed by atoms with Crippen molar-refractivity contribution >= 4 is 18.0 Å². The lowest BCUT2D eigenvalue weighted by Gasteiger charge is -2.25. The number of pyridine rings is 2. The second-order valence-electron chi connectivity index (χ2n) is 8.29. The monoisotopic (exact) mass is 477 g/mol. The van der Waals surface area contributed by atoms with E-state index < -0.39 is 18.2 Å². The van der Waals surface area contributed by atoms with Crippen LogP contribution in [0.2, 0.25) is 0 Å². The zero-order chi connectivity index (χ0) is 25.7. The van der Waals surface area contributed by atoms with Gasteiger partial charge in [-0.15, -0.1) is 0 Å². The van der Waals surface area contributed by atoms with Gasteiger partial charge in [0.25, 0.3) is 5.91 Å². The van der Waals surface area contributed by atoms with E-state index in [9.17, 15) is 22.8 Å². The van der Waals surface area contributed by atoms with Crippen molar-refractivity contribution in [1.29, 1.82) is 5.26 Å². The minimum atomic E-state index is -4.42. The molecular weight excluding hydrogens is 451 g/mol. The maximum Gasteiger partial charge on any atom is 0.422 e. The number of halogens is 3. The molecule has 3 rings (SSSR count). The largest absolute Gasteiger partial charge is 0.468 e. The summed E-state index contributed by atoms with van der Waals surface area (Å²) in [5, 5.41) is 11.1. The molecule has 3 heterocycles. The number of aryl methyl sites for hydroxylation is 1. The first-order valence-electron chi connectivity index (χ1n) is 10.3. The van der Waals surface area contributed by atoms with E-state index in [0.717, 1.165) is 5.56 Å². The summed E-state index contributed by atoms with van der Waals surface area (Å²) in [7, 11) is 1.74. The molecule has 2 aromatic heterocycles. The summed E-state index contributed by atoms with van der Waals surface area (Å²) in [6.45, 7) is 5.61. The van der Waals surface area contributed by atoms with Crippen molar-refractivity contribution in [1.82, 2.24) is 14.9 Å². The minimum absolute atomic E-state index is 0.0685. The molecule has 0 spiro atoms. The first kappa shape index (κ1) is 26.6. The Morgan fingerprint density at radius 3 is 2.53 bits per heavy atom. The van der Waals surface area contributed by atoms with Crippen molar-refractivity contribution in [3.63, 3.8) is 0 Å². The molecule has 0 bridgehead atoms. The second-order valence-corrected chi connectivity index (χ2v) is 8.29. The Morgan fingerprint density at radius 1 is 1.35 bits per heavy atom. The number of nitrogens with one attached hydrogen (secondary N) is 1. The number of amides is 1. The Morgan fingerprint density at radius 2 is 2.03 bits per heavy atom.